The summed E-state index contributed by atoms with van der Waals surface area (Å²) < 4.78 is 0. The summed E-state index contributed by atoms with van der Waals surface area (Å²) in [5.41, 5.74) is 4.04. The molecule has 0 nitrogen and oxygen atoms in total. The molecule has 0 spiro atoms. The maximum Gasteiger partial charge on any atom is 4.00 e. The normalized spacial score (nSPS) is 8.77. The second kappa shape index (κ2) is 11.9. The fourth-order valence-electron chi connectivity index (χ4n) is 2.45. The summed E-state index contributed by atoms with van der Waals surface area (Å²) in [7, 11) is 0. The van der Waals surface area contributed by atoms with Crippen LogP contribution in [-0.2, 0) is 21.7 Å². The summed E-state index contributed by atoms with van der Waals surface area (Å²) in [5.74, 6) is 0.336. The van der Waals surface area contributed by atoms with E-state index in [4.69, 9.17) is 0 Å². The van der Waals surface area contributed by atoms with Gasteiger partial charge in [-0.3, -0.25) is 0 Å². The van der Waals surface area contributed by atoms with Crippen molar-refractivity contribution in [2.24, 2.45) is 0 Å². The Balaban J connectivity index is 0. The van der Waals surface area contributed by atoms with Crippen LogP contribution in [0.3, 0.4) is 0 Å². The quantitative estimate of drug-likeness (QED) is 0.316. The van der Waals surface area contributed by atoms with Gasteiger partial charge in [-0.25, -0.2) is 12.1 Å². The zero-order valence-corrected chi connectivity index (χ0v) is 15.6. The fraction of sp³-hybridized carbons (Fsp3) is 0.0556. The van der Waals surface area contributed by atoms with E-state index in [1.807, 2.05) is 0 Å². The van der Waals surface area contributed by atoms with Crippen LogP contribution in [0.5, 0.6) is 0 Å². The van der Waals surface area contributed by atoms with Crippen molar-refractivity contribution in [3.05, 3.63) is 102 Å². The average Bonchev–Trinajstić information content (AvgIpc) is 2.95. The van der Waals surface area contributed by atoms with Crippen LogP contribution in [0.15, 0.2) is 84.9 Å². The molecule has 0 aliphatic carbocycles. The molecule has 4 heteroatoms. The molecule has 0 atom stereocenters. The minimum atomic E-state index is 0. The molecular formula is C18H15Cl3Ti. The molecule has 0 saturated carbocycles. The van der Waals surface area contributed by atoms with Gasteiger partial charge in [0.25, 0.3) is 0 Å². The van der Waals surface area contributed by atoms with Crippen LogP contribution in [0.1, 0.15) is 22.6 Å². The average molecular weight is 386 g/mol. The number of benzene rings is 2. The molecule has 0 aliphatic heterocycles. The zero-order chi connectivity index (χ0) is 12.2. The minimum Gasteiger partial charge on any atom is -1.00 e. The van der Waals surface area contributed by atoms with Gasteiger partial charge in [-0.2, -0.15) is 12.1 Å². The Morgan fingerprint density at radius 1 is 0.545 bits per heavy atom. The van der Waals surface area contributed by atoms with Crippen LogP contribution in [0.2, 0.25) is 0 Å². The van der Waals surface area contributed by atoms with Crippen molar-refractivity contribution in [2.75, 3.05) is 0 Å². The van der Waals surface area contributed by atoms with Crippen molar-refractivity contribution in [3.63, 3.8) is 0 Å². The van der Waals surface area contributed by atoms with E-state index in [1.54, 1.807) is 0 Å². The molecule has 3 aromatic carbocycles. The van der Waals surface area contributed by atoms with Crippen LogP contribution in [0.4, 0.5) is 0 Å². The van der Waals surface area contributed by atoms with E-state index in [0.717, 1.165) is 0 Å². The molecule has 0 aliphatic rings. The molecule has 0 radical (unpaired) electrons. The molecule has 3 aromatic rings. The van der Waals surface area contributed by atoms with E-state index in [0.29, 0.717) is 5.92 Å². The van der Waals surface area contributed by atoms with E-state index in [2.05, 4.69) is 84.9 Å². The predicted octanol–water partition coefficient (Wildman–Crippen LogP) is -4.40. The Bertz CT molecular complexity index is 555. The molecule has 0 unspecified atom stereocenters. The fourth-order valence-corrected chi connectivity index (χ4v) is 2.45. The molecule has 0 saturated heterocycles. The first-order valence-electron chi connectivity index (χ1n) is 6.26. The van der Waals surface area contributed by atoms with Gasteiger partial charge < -0.3 is 37.2 Å². The third-order valence-electron chi connectivity index (χ3n) is 3.29. The molecule has 0 aromatic heterocycles. The summed E-state index contributed by atoms with van der Waals surface area (Å²) in [6.07, 6.45) is 0. The van der Waals surface area contributed by atoms with Gasteiger partial charge >= 0.3 is 21.7 Å². The van der Waals surface area contributed by atoms with Crippen molar-refractivity contribution in [2.45, 2.75) is 5.92 Å². The monoisotopic (exact) mass is 384 g/mol. The Morgan fingerprint density at radius 2 is 0.909 bits per heavy atom. The summed E-state index contributed by atoms with van der Waals surface area (Å²) in [6, 6.07) is 30.0. The molecule has 22 heavy (non-hydrogen) atoms. The number of halogens is 3. The van der Waals surface area contributed by atoms with Crippen LogP contribution >= 0.6 is 0 Å². The maximum absolute atomic E-state index is 2.20. The van der Waals surface area contributed by atoms with Gasteiger partial charge in [0.2, 0.25) is 0 Å². The maximum atomic E-state index is 2.20. The van der Waals surface area contributed by atoms with Crippen LogP contribution in [-0.4, -0.2) is 0 Å². The molecule has 3 rings (SSSR count). The summed E-state index contributed by atoms with van der Waals surface area (Å²) in [4.78, 5) is 0. The molecule has 0 bridgehead atoms. The Hall–Kier alpha value is -0.626. The van der Waals surface area contributed by atoms with Gasteiger partial charge in [0.15, 0.2) is 0 Å². The molecule has 0 amide bonds. The number of hydrogen-bond donors (Lipinski definition) is 0. The molecule has 0 fully saturated rings. The molecule has 0 heterocycles. The Kier molecular flexibility index (Phi) is 12.8. The smallest absolute Gasteiger partial charge is 1.00 e. The standard InChI is InChI=1S/C18H15.3ClH.Ti/c1-3-9-15(10-4-1)18(17-13-7-8-14-17)16-11-5-2-6-12-16;;;;/h1-14,18H;3*1H;/q-1;;;;+4/p-3. The van der Waals surface area contributed by atoms with Gasteiger partial charge in [-0.15, -0.1) is 5.56 Å². The molecule has 112 valence electrons. The van der Waals surface area contributed by atoms with E-state index in [9.17, 15) is 0 Å². The van der Waals surface area contributed by atoms with E-state index < -0.39 is 0 Å². The summed E-state index contributed by atoms with van der Waals surface area (Å²) >= 11 is 0. The van der Waals surface area contributed by atoms with Crippen LogP contribution in [0.25, 0.3) is 0 Å². The van der Waals surface area contributed by atoms with Crippen molar-refractivity contribution < 1.29 is 58.9 Å². The van der Waals surface area contributed by atoms with Gasteiger partial charge in [-0.05, 0) is 17.0 Å². The van der Waals surface area contributed by atoms with Gasteiger partial charge in [0, 0.05) is 0 Å². The Labute approximate surface area is 165 Å². The van der Waals surface area contributed by atoms with Crippen LogP contribution < -0.4 is 37.2 Å². The first-order valence-corrected chi connectivity index (χ1v) is 6.26. The third kappa shape index (κ3) is 5.54. The third-order valence-corrected chi connectivity index (χ3v) is 3.29. The molecular weight excluding hydrogens is 370 g/mol. The van der Waals surface area contributed by atoms with Crippen molar-refractivity contribution in [1.82, 2.24) is 0 Å². The van der Waals surface area contributed by atoms with Gasteiger partial charge in [0.05, 0.1) is 0 Å². The van der Waals surface area contributed by atoms with Gasteiger partial charge in [-0.1, -0.05) is 60.7 Å². The van der Waals surface area contributed by atoms with E-state index in [-0.39, 0.29) is 58.9 Å². The predicted molar refractivity (Wildman–Crippen MR) is 75.9 cm³/mol. The number of hydrogen-bond acceptors (Lipinski definition) is 0. The first kappa shape index (κ1) is 23.6. The Morgan fingerprint density at radius 3 is 1.27 bits per heavy atom. The number of rotatable bonds is 3. The topological polar surface area (TPSA) is 0 Å². The second-order valence-electron chi connectivity index (χ2n) is 4.47. The minimum absolute atomic E-state index is 0. The van der Waals surface area contributed by atoms with Crippen LogP contribution in [0, 0.1) is 0 Å². The first-order chi connectivity index (χ1) is 8.95. The summed E-state index contributed by atoms with van der Waals surface area (Å²) in [6.45, 7) is 0. The van der Waals surface area contributed by atoms with Gasteiger partial charge in [0.1, 0.15) is 0 Å². The molecule has 0 N–H and O–H groups in total. The largest absolute Gasteiger partial charge is 4.00 e. The summed E-state index contributed by atoms with van der Waals surface area (Å²) in [5, 5.41) is 0. The zero-order valence-electron chi connectivity index (χ0n) is 11.8. The van der Waals surface area contributed by atoms with Crippen molar-refractivity contribution in [3.8, 4) is 0 Å². The van der Waals surface area contributed by atoms with Crippen molar-refractivity contribution >= 4 is 0 Å². The SMILES string of the molecule is [Cl-].[Cl-].[Cl-].[Ti+4].c1ccc(C(c2ccccc2)[c-]2cccc2)cc1. The van der Waals surface area contributed by atoms with E-state index >= 15 is 0 Å². The van der Waals surface area contributed by atoms with Crippen molar-refractivity contribution in [1.29, 1.82) is 0 Å². The second-order valence-corrected chi connectivity index (χ2v) is 4.47. The van der Waals surface area contributed by atoms with E-state index in [1.165, 1.54) is 16.7 Å².